The number of benzene rings is 1. The van der Waals surface area contributed by atoms with E-state index in [0.717, 1.165) is 75.7 Å². The third-order valence-corrected chi connectivity index (χ3v) is 6.80. The van der Waals surface area contributed by atoms with Crippen LogP contribution in [0.5, 0.6) is 0 Å². The summed E-state index contributed by atoms with van der Waals surface area (Å²) in [4.78, 5) is 19.9. The predicted octanol–water partition coefficient (Wildman–Crippen LogP) is 2.71. The molecule has 176 valence electrons. The maximum absolute atomic E-state index is 5.21. The van der Waals surface area contributed by atoms with E-state index in [2.05, 4.69) is 87.1 Å². The molecule has 0 saturated carbocycles. The molecule has 0 bridgehead atoms. The van der Waals surface area contributed by atoms with Crippen LogP contribution in [-0.2, 0) is 0 Å². The van der Waals surface area contributed by atoms with E-state index >= 15 is 0 Å². The van der Waals surface area contributed by atoms with Crippen LogP contribution in [0, 0.1) is 0 Å². The Hall–Kier alpha value is -2.50. The van der Waals surface area contributed by atoms with Gasteiger partial charge in [-0.3, -0.25) is 0 Å². The second-order valence-electron chi connectivity index (χ2n) is 8.15. The highest BCUT2D eigenvalue weighted by molar-refractivity contribution is 6.08. The maximum Gasteiger partial charge on any atom is 0.139 e. The van der Waals surface area contributed by atoms with Crippen molar-refractivity contribution < 1.29 is 0 Å². The molecule has 3 rings (SSSR count). The molecule has 2 heterocycles. The Morgan fingerprint density at radius 2 is 0.750 bits per heavy atom. The molecule has 0 aliphatic carbocycles. The topological polar surface area (TPSA) is 37.7 Å². The summed E-state index contributed by atoms with van der Waals surface area (Å²) in [6.07, 6.45) is 0. The lowest BCUT2D eigenvalue weighted by Gasteiger charge is -2.23. The van der Waals surface area contributed by atoms with Crippen molar-refractivity contribution in [2.45, 2.75) is 55.4 Å². The first-order valence-corrected chi connectivity index (χ1v) is 12.6. The SMILES string of the molecule is CCN(CC)C1=NC(N(CC)CC)=c2cc3c(cc21)=C(N(CC)CC)N=C3N(CC)CC. The molecule has 0 fully saturated rings. The molecule has 1 aromatic carbocycles. The van der Waals surface area contributed by atoms with Crippen LogP contribution in [0.15, 0.2) is 22.1 Å². The summed E-state index contributed by atoms with van der Waals surface area (Å²) in [6, 6.07) is 4.73. The van der Waals surface area contributed by atoms with Gasteiger partial charge in [0.2, 0.25) is 0 Å². The minimum Gasteiger partial charge on any atom is -0.357 e. The number of amidine groups is 2. The normalized spacial score (nSPS) is 14.2. The highest BCUT2D eigenvalue weighted by Gasteiger charge is 2.29. The predicted molar refractivity (Wildman–Crippen MR) is 137 cm³/mol. The molecule has 0 N–H and O–H groups in total. The summed E-state index contributed by atoms with van der Waals surface area (Å²) in [5.41, 5.74) is 2.49. The van der Waals surface area contributed by atoms with Crippen LogP contribution < -0.4 is 10.4 Å². The Bertz CT molecular complexity index is 908. The standard InChI is InChI=1S/C26H42N6/c1-9-29(10-2)23-19-17-21-22(18-20(19)24(27-23)30(11-3)12-4)26(32(15-7)16-8)28-25(21)31(13-5)14-6/h17-18H,9-16H2,1-8H3. The van der Waals surface area contributed by atoms with Crippen molar-refractivity contribution in [2.75, 3.05) is 52.4 Å². The third kappa shape index (κ3) is 4.00. The van der Waals surface area contributed by atoms with Gasteiger partial charge in [0.05, 0.1) is 0 Å². The van der Waals surface area contributed by atoms with Crippen LogP contribution in [0.2, 0.25) is 0 Å². The summed E-state index contributed by atoms with van der Waals surface area (Å²) in [5, 5.41) is 2.49. The molecular weight excluding hydrogens is 396 g/mol. The number of fused-ring (bicyclic) bond motifs is 2. The van der Waals surface area contributed by atoms with Crippen molar-refractivity contribution in [1.29, 1.82) is 0 Å². The number of rotatable bonds is 10. The summed E-state index contributed by atoms with van der Waals surface area (Å²) in [7, 11) is 0. The van der Waals surface area contributed by atoms with E-state index in [-0.39, 0.29) is 0 Å². The van der Waals surface area contributed by atoms with Crippen molar-refractivity contribution in [3.8, 4) is 0 Å². The van der Waals surface area contributed by atoms with Crippen molar-refractivity contribution in [1.82, 2.24) is 19.6 Å². The van der Waals surface area contributed by atoms with Crippen molar-refractivity contribution in [3.63, 3.8) is 0 Å². The first-order valence-electron chi connectivity index (χ1n) is 12.6. The summed E-state index contributed by atoms with van der Waals surface area (Å²) >= 11 is 0. The molecule has 6 heteroatoms. The highest BCUT2D eigenvalue weighted by Crippen LogP contribution is 2.21. The second kappa shape index (κ2) is 10.4. The zero-order valence-corrected chi connectivity index (χ0v) is 21.5. The Morgan fingerprint density at radius 3 is 1.00 bits per heavy atom. The summed E-state index contributed by atoms with van der Waals surface area (Å²) < 4.78 is 0. The van der Waals surface area contributed by atoms with Gasteiger partial charge in [0, 0.05) is 73.9 Å². The fourth-order valence-corrected chi connectivity index (χ4v) is 4.84. The molecule has 2 aliphatic rings. The van der Waals surface area contributed by atoms with Crippen molar-refractivity contribution >= 4 is 23.3 Å². The van der Waals surface area contributed by atoms with Gasteiger partial charge in [-0.1, -0.05) is 0 Å². The molecule has 2 aliphatic heterocycles. The van der Waals surface area contributed by atoms with E-state index < -0.39 is 0 Å². The molecule has 1 aromatic rings. The lowest BCUT2D eigenvalue weighted by molar-refractivity contribution is 0.429. The molecule has 0 radical (unpaired) electrons. The second-order valence-corrected chi connectivity index (χ2v) is 8.15. The van der Waals surface area contributed by atoms with Gasteiger partial charge >= 0.3 is 0 Å². The molecule has 6 nitrogen and oxygen atoms in total. The average molecular weight is 439 g/mol. The quantitative estimate of drug-likeness (QED) is 0.563. The Balaban J connectivity index is 2.35. The largest absolute Gasteiger partial charge is 0.357 e. The van der Waals surface area contributed by atoms with Gasteiger partial charge in [-0.25, -0.2) is 9.98 Å². The zero-order valence-electron chi connectivity index (χ0n) is 21.5. The van der Waals surface area contributed by atoms with Gasteiger partial charge in [0.1, 0.15) is 23.3 Å². The van der Waals surface area contributed by atoms with Crippen LogP contribution in [0.1, 0.15) is 66.5 Å². The molecule has 0 amide bonds. The van der Waals surface area contributed by atoms with Gasteiger partial charge in [-0.05, 0) is 67.5 Å². The average Bonchev–Trinajstić information content (AvgIpc) is 3.36. The van der Waals surface area contributed by atoms with Gasteiger partial charge in [-0.15, -0.1) is 0 Å². The van der Waals surface area contributed by atoms with E-state index in [9.17, 15) is 0 Å². The monoisotopic (exact) mass is 438 g/mol. The Morgan fingerprint density at radius 1 is 0.469 bits per heavy atom. The minimum absolute atomic E-state index is 0.950. The third-order valence-electron chi connectivity index (χ3n) is 6.80. The van der Waals surface area contributed by atoms with Gasteiger partial charge in [0.15, 0.2) is 0 Å². The van der Waals surface area contributed by atoms with Gasteiger partial charge in [0.25, 0.3) is 0 Å². The summed E-state index contributed by atoms with van der Waals surface area (Å²) in [5.74, 6) is 4.41. The first-order chi connectivity index (χ1) is 15.5. The van der Waals surface area contributed by atoms with E-state index in [0.29, 0.717) is 0 Å². The lowest BCUT2D eigenvalue weighted by Crippen LogP contribution is -2.37. The lowest BCUT2D eigenvalue weighted by atomic mass is 10.0. The molecule has 0 atom stereocenters. The molecule has 0 aromatic heterocycles. The fourth-order valence-electron chi connectivity index (χ4n) is 4.84. The molecule has 0 unspecified atom stereocenters. The van der Waals surface area contributed by atoms with Gasteiger partial charge < -0.3 is 19.6 Å². The van der Waals surface area contributed by atoms with E-state index in [4.69, 9.17) is 9.98 Å². The Kier molecular flexibility index (Phi) is 7.86. The molecule has 32 heavy (non-hydrogen) atoms. The smallest absolute Gasteiger partial charge is 0.139 e. The summed E-state index contributed by atoms with van der Waals surface area (Å²) in [6.45, 7) is 25.3. The molecule has 0 spiro atoms. The minimum atomic E-state index is 0.950. The molecule has 0 saturated heterocycles. The highest BCUT2D eigenvalue weighted by atomic mass is 15.3. The van der Waals surface area contributed by atoms with E-state index in [1.165, 1.54) is 21.6 Å². The van der Waals surface area contributed by atoms with Crippen LogP contribution >= 0.6 is 0 Å². The van der Waals surface area contributed by atoms with Gasteiger partial charge in [-0.2, -0.15) is 0 Å². The van der Waals surface area contributed by atoms with Crippen molar-refractivity contribution in [2.24, 2.45) is 9.98 Å². The number of nitrogens with zero attached hydrogens (tertiary/aromatic N) is 6. The van der Waals surface area contributed by atoms with Crippen LogP contribution in [0.25, 0.3) is 11.6 Å². The van der Waals surface area contributed by atoms with Crippen LogP contribution in [-0.4, -0.2) is 83.6 Å². The first kappa shape index (κ1) is 24.1. The van der Waals surface area contributed by atoms with Crippen molar-refractivity contribution in [3.05, 3.63) is 33.7 Å². The number of hydrogen-bond acceptors (Lipinski definition) is 6. The number of aliphatic imine (C=N–C) groups is 2. The van der Waals surface area contributed by atoms with Crippen LogP contribution in [0.4, 0.5) is 0 Å². The maximum atomic E-state index is 5.21. The van der Waals surface area contributed by atoms with E-state index in [1.807, 2.05) is 0 Å². The van der Waals surface area contributed by atoms with E-state index in [1.54, 1.807) is 0 Å². The molecular formula is C26H42N6. The Labute approximate surface area is 194 Å². The van der Waals surface area contributed by atoms with Crippen LogP contribution in [0.3, 0.4) is 0 Å². The fraction of sp³-hybridized carbons (Fsp3) is 0.615. The zero-order chi connectivity index (χ0) is 23.4. The number of hydrogen-bond donors (Lipinski definition) is 0.